The third-order valence-electron chi connectivity index (χ3n) is 3.05. The van der Waals surface area contributed by atoms with Gasteiger partial charge in [0.25, 0.3) is 0 Å². The number of carbonyl (C=O) groups excluding carboxylic acids is 1. The molecule has 1 aromatic rings. The molecule has 0 bridgehead atoms. The highest BCUT2D eigenvalue weighted by Crippen LogP contribution is 2.26. The summed E-state index contributed by atoms with van der Waals surface area (Å²) in [5.41, 5.74) is 5.70. The summed E-state index contributed by atoms with van der Waals surface area (Å²) in [6.07, 6.45) is -5.08. The lowest BCUT2D eigenvalue weighted by Gasteiger charge is -2.28. The van der Waals surface area contributed by atoms with Crippen LogP contribution in [-0.4, -0.2) is 49.6 Å². The van der Waals surface area contributed by atoms with Crippen molar-refractivity contribution in [3.8, 4) is 5.75 Å². The summed E-state index contributed by atoms with van der Waals surface area (Å²) >= 11 is 0. The van der Waals surface area contributed by atoms with E-state index in [9.17, 15) is 18.0 Å². The predicted molar refractivity (Wildman–Crippen MR) is 90.9 cm³/mol. The molecular formula is C17H25F3N2O4. The zero-order valence-corrected chi connectivity index (χ0v) is 15.4. The normalized spacial score (nSPS) is 12.0. The third kappa shape index (κ3) is 8.28. The Bertz CT molecular complexity index is 601. The van der Waals surface area contributed by atoms with Crippen molar-refractivity contribution in [1.29, 1.82) is 0 Å². The quantitative estimate of drug-likeness (QED) is 0.734. The second-order valence-corrected chi connectivity index (χ2v) is 6.67. The number of benzene rings is 1. The second-order valence-electron chi connectivity index (χ2n) is 6.67. The first-order valence-corrected chi connectivity index (χ1v) is 7.96. The van der Waals surface area contributed by atoms with Gasteiger partial charge in [-0.3, -0.25) is 0 Å². The van der Waals surface area contributed by atoms with E-state index >= 15 is 0 Å². The van der Waals surface area contributed by atoms with Crippen molar-refractivity contribution in [2.45, 2.75) is 39.1 Å². The number of methoxy groups -OCH3 is 1. The minimum Gasteiger partial charge on any atom is -0.484 e. The minimum atomic E-state index is -4.47. The van der Waals surface area contributed by atoms with Gasteiger partial charge >= 0.3 is 12.3 Å². The molecule has 0 saturated carbocycles. The largest absolute Gasteiger partial charge is 0.484 e. The highest BCUT2D eigenvalue weighted by Gasteiger charge is 2.29. The number of hydrogen-bond acceptors (Lipinski definition) is 5. The van der Waals surface area contributed by atoms with Gasteiger partial charge in [0.05, 0.1) is 13.2 Å². The van der Waals surface area contributed by atoms with E-state index in [0.717, 1.165) is 0 Å². The van der Waals surface area contributed by atoms with Crippen LogP contribution in [0, 0.1) is 0 Å². The fourth-order valence-corrected chi connectivity index (χ4v) is 1.99. The summed E-state index contributed by atoms with van der Waals surface area (Å²) in [7, 11) is 1.48. The maximum absolute atomic E-state index is 12.4. The fourth-order valence-electron chi connectivity index (χ4n) is 1.99. The average Bonchev–Trinajstić information content (AvgIpc) is 2.47. The van der Waals surface area contributed by atoms with Crippen LogP contribution in [0.4, 0.5) is 23.7 Å². The number of hydrogen-bond donors (Lipinski definition) is 1. The molecule has 0 aliphatic carbocycles. The Balaban J connectivity index is 3.01. The maximum atomic E-state index is 12.4. The molecule has 0 aliphatic rings. The zero-order chi connectivity index (χ0) is 20.0. The van der Waals surface area contributed by atoms with E-state index in [1.165, 1.54) is 30.2 Å². The SMILES string of the molecule is COCCN(Cc1cc(N)ccc1OCC(F)(F)F)C(=O)OC(C)(C)C. The van der Waals surface area contributed by atoms with Gasteiger partial charge in [0.15, 0.2) is 6.61 Å². The molecule has 0 saturated heterocycles. The van der Waals surface area contributed by atoms with E-state index < -0.39 is 24.5 Å². The van der Waals surface area contributed by atoms with E-state index in [2.05, 4.69) is 0 Å². The monoisotopic (exact) mass is 378 g/mol. The third-order valence-corrected chi connectivity index (χ3v) is 3.05. The molecule has 0 aliphatic heterocycles. The van der Waals surface area contributed by atoms with Gasteiger partial charge in [-0.1, -0.05) is 0 Å². The van der Waals surface area contributed by atoms with Gasteiger partial charge in [-0.25, -0.2) is 4.79 Å². The first-order chi connectivity index (χ1) is 11.9. The molecule has 1 rings (SSSR count). The molecule has 26 heavy (non-hydrogen) atoms. The first kappa shape index (κ1) is 21.9. The van der Waals surface area contributed by atoms with Crippen LogP contribution in [0.2, 0.25) is 0 Å². The topological polar surface area (TPSA) is 74.0 Å². The number of rotatable bonds is 7. The zero-order valence-electron chi connectivity index (χ0n) is 15.4. The Morgan fingerprint density at radius 3 is 2.42 bits per heavy atom. The Morgan fingerprint density at radius 1 is 1.23 bits per heavy atom. The van der Waals surface area contributed by atoms with Gasteiger partial charge in [0.1, 0.15) is 11.4 Å². The smallest absolute Gasteiger partial charge is 0.422 e. The van der Waals surface area contributed by atoms with Crippen LogP contribution in [0.25, 0.3) is 0 Å². The molecule has 0 radical (unpaired) electrons. The lowest BCUT2D eigenvalue weighted by Crippen LogP contribution is -2.38. The van der Waals surface area contributed by atoms with E-state index in [0.29, 0.717) is 11.3 Å². The van der Waals surface area contributed by atoms with E-state index in [-0.39, 0.29) is 25.4 Å². The number of anilines is 1. The van der Waals surface area contributed by atoms with Crippen molar-refractivity contribution in [3.05, 3.63) is 23.8 Å². The maximum Gasteiger partial charge on any atom is 0.422 e. The summed E-state index contributed by atoms with van der Waals surface area (Å²) in [6, 6.07) is 4.25. The highest BCUT2D eigenvalue weighted by molar-refractivity contribution is 5.68. The van der Waals surface area contributed by atoms with Gasteiger partial charge in [-0.05, 0) is 39.0 Å². The highest BCUT2D eigenvalue weighted by atomic mass is 19.4. The van der Waals surface area contributed by atoms with Crippen LogP contribution in [0.1, 0.15) is 26.3 Å². The number of ether oxygens (including phenoxy) is 3. The molecule has 2 N–H and O–H groups in total. The van der Waals surface area contributed by atoms with Crippen LogP contribution in [0.3, 0.4) is 0 Å². The Morgan fingerprint density at radius 2 is 1.88 bits per heavy atom. The molecule has 0 atom stereocenters. The van der Waals surface area contributed by atoms with Crippen molar-refractivity contribution >= 4 is 11.8 Å². The lowest BCUT2D eigenvalue weighted by molar-refractivity contribution is -0.153. The lowest BCUT2D eigenvalue weighted by atomic mass is 10.1. The van der Waals surface area contributed by atoms with E-state index in [1.54, 1.807) is 20.8 Å². The number of nitrogen functional groups attached to an aromatic ring is 1. The average molecular weight is 378 g/mol. The number of carbonyl (C=O) groups is 1. The molecule has 0 heterocycles. The number of amides is 1. The molecule has 0 aromatic heterocycles. The van der Waals surface area contributed by atoms with Crippen LogP contribution in [-0.2, 0) is 16.0 Å². The number of nitrogens with zero attached hydrogens (tertiary/aromatic N) is 1. The van der Waals surface area contributed by atoms with Crippen molar-refractivity contribution in [2.75, 3.05) is 32.6 Å². The Hall–Kier alpha value is -2.16. The van der Waals surface area contributed by atoms with Gasteiger partial charge in [-0.2, -0.15) is 13.2 Å². The Labute approximate surface area is 151 Å². The van der Waals surface area contributed by atoms with Gasteiger partial charge in [-0.15, -0.1) is 0 Å². The van der Waals surface area contributed by atoms with Gasteiger partial charge in [0, 0.05) is 24.9 Å². The molecule has 0 fully saturated rings. The van der Waals surface area contributed by atoms with E-state index in [1.807, 2.05) is 0 Å². The van der Waals surface area contributed by atoms with E-state index in [4.69, 9.17) is 19.9 Å². The summed E-state index contributed by atoms with van der Waals surface area (Å²) in [4.78, 5) is 13.7. The Kier molecular flexibility index (Phi) is 7.55. The molecule has 6 nitrogen and oxygen atoms in total. The molecule has 1 amide bonds. The number of alkyl halides is 3. The molecular weight excluding hydrogens is 353 g/mol. The number of halogens is 3. The van der Waals surface area contributed by atoms with Crippen molar-refractivity contribution in [3.63, 3.8) is 0 Å². The number of nitrogens with two attached hydrogens (primary N) is 1. The van der Waals surface area contributed by atoms with Gasteiger partial charge < -0.3 is 24.8 Å². The summed E-state index contributed by atoms with van der Waals surface area (Å²) < 4.78 is 52.5. The van der Waals surface area contributed by atoms with Gasteiger partial charge in [0.2, 0.25) is 0 Å². The van der Waals surface area contributed by atoms with Crippen LogP contribution in [0.5, 0.6) is 5.75 Å². The minimum absolute atomic E-state index is 0.00232. The van der Waals surface area contributed by atoms with Crippen LogP contribution >= 0.6 is 0 Å². The summed E-state index contributed by atoms with van der Waals surface area (Å²) in [5.74, 6) is 0.00232. The van der Waals surface area contributed by atoms with Crippen molar-refractivity contribution < 1.29 is 32.2 Å². The standard InChI is InChI=1S/C17H25F3N2O4/c1-16(2,3)26-15(23)22(7-8-24-4)10-12-9-13(21)5-6-14(12)25-11-17(18,19)20/h5-6,9H,7-8,10-11,21H2,1-4H3. The summed E-state index contributed by atoms with van der Waals surface area (Å²) in [5, 5.41) is 0. The van der Waals surface area contributed by atoms with Crippen LogP contribution < -0.4 is 10.5 Å². The fraction of sp³-hybridized carbons (Fsp3) is 0.588. The molecule has 0 spiro atoms. The molecule has 148 valence electrons. The van der Waals surface area contributed by atoms with Crippen molar-refractivity contribution in [2.24, 2.45) is 0 Å². The molecule has 9 heteroatoms. The van der Waals surface area contributed by atoms with Crippen molar-refractivity contribution in [1.82, 2.24) is 4.90 Å². The predicted octanol–water partition coefficient (Wildman–Crippen LogP) is 3.59. The van der Waals surface area contributed by atoms with Crippen LogP contribution in [0.15, 0.2) is 18.2 Å². The molecule has 0 unspecified atom stereocenters. The second kappa shape index (κ2) is 8.98. The summed E-state index contributed by atoms with van der Waals surface area (Å²) in [6.45, 7) is 4.12. The first-order valence-electron chi connectivity index (χ1n) is 7.96. The molecule has 1 aromatic carbocycles.